The molecule has 0 spiro atoms. The van der Waals surface area contributed by atoms with Crippen LogP contribution < -0.4 is 0 Å². The Morgan fingerprint density at radius 1 is 0.923 bits per heavy atom. The highest BCUT2D eigenvalue weighted by Gasteiger charge is 2.34. The van der Waals surface area contributed by atoms with Crippen molar-refractivity contribution in [1.82, 2.24) is 4.90 Å². The molecule has 0 aliphatic carbocycles. The van der Waals surface area contributed by atoms with Gasteiger partial charge in [-0.3, -0.25) is 9.69 Å². The molecule has 0 saturated carbocycles. The average Bonchev–Trinajstić information content (AvgIpc) is 2.67. The van der Waals surface area contributed by atoms with Crippen LogP contribution in [0.2, 0.25) is 5.02 Å². The number of aliphatic imine (C=N–C) groups is 1. The lowest BCUT2D eigenvalue weighted by atomic mass is 9.88. The topological polar surface area (TPSA) is 32.7 Å². The van der Waals surface area contributed by atoms with Gasteiger partial charge in [-0.25, -0.2) is 4.99 Å². The molecule has 2 aromatic rings. The van der Waals surface area contributed by atoms with Gasteiger partial charge in [-0.05, 0) is 69.6 Å². The van der Waals surface area contributed by atoms with Crippen molar-refractivity contribution in [2.24, 2.45) is 4.99 Å². The van der Waals surface area contributed by atoms with Gasteiger partial charge in [0.25, 0.3) is 5.91 Å². The summed E-state index contributed by atoms with van der Waals surface area (Å²) in [5.74, 6) is -0.231. The van der Waals surface area contributed by atoms with Crippen LogP contribution in [0.15, 0.2) is 59.6 Å². The van der Waals surface area contributed by atoms with Crippen LogP contribution in [0.4, 0.5) is 0 Å². The number of nitrogens with zero attached hydrogens (tertiary/aromatic N) is 2. The van der Waals surface area contributed by atoms with E-state index >= 15 is 0 Å². The summed E-state index contributed by atoms with van der Waals surface area (Å²) in [7, 11) is 0. The Labute approximate surface area is 160 Å². The van der Waals surface area contributed by atoms with Crippen molar-refractivity contribution in [3.05, 3.63) is 70.7 Å². The normalized spacial score (nSPS) is 16.5. The van der Waals surface area contributed by atoms with Gasteiger partial charge in [-0.1, -0.05) is 48.4 Å². The van der Waals surface area contributed by atoms with E-state index in [2.05, 4.69) is 23.7 Å². The first-order chi connectivity index (χ1) is 12.5. The largest absolute Gasteiger partial charge is 0.293 e. The third-order valence-corrected chi connectivity index (χ3v) is 5.33. The molecule has 0 bridgehead atoms. The Morgan fingerprint density at radius 3 is 2.15 bits per heavy atom. The molecular weight excluding hydrogens is 344 g/mol. The molecule has 4 heteroatoms. The van der Waals surface area contributed by atoms with Crippen molar-refractivity contribution >= 4 is 23.2 Å². The molecule has 1 aliphatic rings. The minimum atomic E-state index is -0.316. The zero-order chi connectivity index (χ0) is 18.6. The molecule has 0 unspecified atom stereocenters. The van der Waals surface area contributed by atoms with E-state index in [0.29, 0.717) is 10.6 Å². The number of halogens is 1. The fraction of sp³-hybridized carbons (Fsp3) is 0.364. The van der Waals surface area contributed by atoms with Crippen molar-refractivity contribution in [2.45, 2.75) is 38.6 Å². The minimum Gasteiger partial charge on any atom is -0.293 e. The van der Waals surface area contributed by atoms with E-state index < -0.39 is 0 Å². The molecule has 2 aromatic carbocycles. The number of carbonyl (C=O) groups excluding carboxylic acids is 1. The van der Waals surface area contributed by atoms with Crippen LogP contribution in [0.1, 0.15) is 49.0 Å². The van der Waals surface area contributed by atoms with E-state index in [1.807, 2.05) is 30.3 Å². The van der Waals surface area contributed by atoms with E-state index in [4.69, 9.17) is 11.6 Å². The van der Waals surface area contributed by atoms with Crippen molar-refractivity contribution in [1.29, 1.82) is 0 Å². The molecule has 0 aromatic heterocycles. The van der Waals surface area contributed by atoms with Crippen molar-refractivity contribution < 1.29 is 4.79 Å². The second-order valence-electron chi connectivity index (χ2n) is 7.25. The van der Waals surface area contributed by atoms with Crippen molar-refractivity contribution in [3.8, 4) is 0 Å². The molecule has 3 rings (SSSR count). The van der Waals surface area contributed by atoms with Crippen LogP contribution in [0, 0.1) is 0 Å². The lowest BCUT2D eigenvalue weighted by Crippen LogP contribution is -2.52. The van der Waals surface area contributed by atoms with Gasteiger partial charge in [0.2, 0.25) is 0 Å². The summed E-state index contributed by atoms with van der Waals surface area (Å²) >= 11 is 5.94. The van der Waals surface area contributed by atoms with Crippen molar-refractivity contribution in [2.75, 3.05) is 13.1 Å². The summed E-state index contributed by atoms with van der Waals surface area (Å²) in [6.45, 7) is 6.40. The fourth-order valence-electron chi connectivity index (χ4n) is 3.51. The number of rotatable bonds is 4. The van der Waals surface area contributed by atoms with E-state index in [0.717, 1.165) is 24.4 Å². The molecule has 136 valence electrons. The number of hydrogen-bond acceptors (Lipinski definition) is 2. The molecule has 1 fully saturated rings. The number of piperidine rings is 1. The molecular formula is C22H25ClN2O. The van der Waals surface area contributed by atoms with Gasteiger partial charge in [0.05, 0.1) is 11.3 Å². The summed E-state index contributed by atoms with van der Waals surface area (Å²) in [6, 6.07) is 16.9. The van der Waals surface area contributed by atoms with Gasteiger partial charge in [0.1, 0.15) is 0 Å². The van der Waals surface area contributed by atoms with E-state index in [-0.39, 0.29) is 11.4 Å². The van der Waals surface area contributed by atoms with Crippen LogP contribution in [-0.4, -0.2) is 35.1 Å². The highest BCUT2D eigenvalue weighted by Crippen LogP contribution is 2.26. The van der Waals surface area contributed by atoms with Gasteiger partial charge in [0, 0.05) is 10.6 Å². The monoisotopic (exact) mass is 368 g/mol. The van der Waals surface area contributed by atoms with E-state index in [1.165, 1.54) is 19.3 Å². The maximum Gasteiger partial charge on any atom is 0.277 e. The van der Waals surface area contributed by atoms with Crippen LogP contribution in [0.3, 0.4) is 0 Å². The van der Waals surface area contributed by atoms with Gasteiger partial charge in [-0.2, -0.15) is 0 Å². The van der Waals surface area contributed by atoms with Crippen LogP contribution in [-0.2, 0) is 0 Å². The standard InChI is InChI=1S/C22H25ClN2O/c1-22(2,25-15-7-4-8-16-25)20(17-9-5-3-6-10-17)24-21(26)18-11-13-19(23)14-12-18/h3,5-6,9-14H,4,7-8,15-16H2,1-2H3. The first-order valence-electron chi connectivity index (χ1n) is 9.18. The first kappa shape index (κ1) is 18.8. The second kappa shape index (κ2) is 8.15. The van der Waals surface area contributed by atoms with Gasteiger partial charge < -0.3 is 0 Å². The summed E-state index contributed by atoms with van der Waals surface area (Å²) in [5.41, 5.74) is 2.05. The molecule has 0 radical (unpaired) electrons. The predicted molar refractivity (Wildman–Crippen MR) is 108 cm³/mol. The second-order valence-corrected chi connectivity index (χ2v) is 7.68. The maximum absolute atomic E-state index is 12.8. The molecule has 1 amide bonds. The fourth-order valence-corrected chi connectivity index (χ4v) is 3.64. The van der Waals surface area contributed by atoms with Gasteiger partial charge >= 0.3 is 0 Å². The average molecular weight is 369 g/mol. The zero-order valence-electron chi connectivity index (χ0n) is 15.4. The summed E-state index contributed by atoms with van der Waals surface area (Å²) in [6.07, 6.45) is 3.65. The quantitative estimate of drug-likeness (QED) is 0.692. The lowest BCUT2D eigenvalue weighted by Gasteiger charge is -2.41. The highest BCUT2D eigenvalue weighted by molar-refractivity contribution is 6.30. The third kappa shape index (κ3) is 4.22. The van der Waals surface area contributed by atoms with Gasteiger partial charge in [-0.15, -0.1) is 0 Å². The highest BCUT2D eigenvalue weighted by atomic mass is 35.5. The summed E-state index contributed by atoms with van der Waals surface area (Å²) in [4.78, 5) is 19.8. The SMILES string of the molecule is CC(C)(C(=NC(=O)c1ccc(Cl)cc1)c1ccccc1)N1CCCCC1. The smallest absolute Gasteiger partial charge is 0.277 e. The Kier molecular flexibility index (Phi) is 5.90. The van der Waals surface area contributed by atoms with E-state index in [1.54, 1.807) is 24.3 Å². The number of likely N-dealkylation sites (tertiary alicyclic amines) is 1. The molecule has 1 heterocycles. The molecule has 0 N–H and O–H groups in total. The predicted octanol–water partition coefficient (Wildman–Crippen LogP) is 5.23. The molecule has 3 nitrogen and oxygen atoms in total. The van der Waals surface area contributed by atoms with Crippen LogP contribution in [0.25, 0.3) is 0 Å². The Balaban J connectivity index is 2.00. The van der Waals surface area contributed by atoms with Crippen LogP contribution in [0.5, 0.6) is 0 Å². The third-order valence-electron chi connectivity index (χ3n) is 5.08. The first-order valence-corrected chi connectivity index (χ1v) is 9.56. The molecule has 0 atom stereocenters. The van der Waals surface area contributed by atoms with Crippen molar-refractivity contribution in [3.63, 3.8) is 0 Å². The molecule has 26 heavy (non-hydrogen) atoms. The molecule has 1 aliphatic heterocycles. The zero-order valence-corrected chi connectivity index (χ0v) is 16.2. The Hall–Kier alpha value is -1.97. The number of benzene rings is 2. The summed E-state index contributed by atoms with van der Waals surface area (Å²) < 4.78 is 0. The lowest BCUT2D eigenvalue weighted by molar-refractivity contribution is 0.0997. The number of carbonyl (C=O) groups is 1. The van der Waals surface area contributed by atoms with Crippen LogP contribution >= 0.6 is 11.6 Å². The summed E-state index contributed by atoms with van der Waals surface area (Å²) in [5, 5.41) is 0.613. The van der Waals surface area contributed by atoms with E-state index in [9.17, 15) is 4.79 Å². The Bertz CT molecular complexity index is 776. The number of hydrogen-bond donors (Lipinski definition) is 0. The Morgan fingerprint density at radius 2 is 1.54 bits per heavy atom. The maximum atomic E-state index is 12.8. The van der Waals surface area contributed by atoms with Gasteiger partial charge in [0.15, 0.2) is 0 Å². The minimum absolute atomic E-state index is 0.231. The molecule has 1 saturated heterocycles. The number of amides is 1.